The molecule has 2 rings (SSSR count). The first-order valence-corrected chi connectivity index (χ1v) is 8.05. The highest BCUT2D eigenvalue weighted by atomic mass is 79.9. The van der Waals surface area contributed by atoms with Gasteiger partial charge in [-0.3, -0.25) is 4.79 Å². The Hall–Kier alpha value is -1.85. The van der Waals surface area contributed by atoms with E-state index < -0.39 is 5.97 Å². The summed E-state index contributed by atoms with van der Waals surface area (Å²) in [6.07, 6.45) is 0. The van der Waals surface area contributed by atoms with E-state index in [2.05, 4.69) is 15.9 Å². The van der Waals surface area contributed by atoms with Crippen molar-refractivity contribution in [2.24, 2.45) is 0 Å². The van der Waals surface area contributed by atoms with Gasteiger partial charge in [0.05, 0.1) is 10.6 Å². The predicted molar refractivity (Wildman–Crippen MR) is 92.4 cm³/mol. The first-order chi connectivity index (χ1) is 11.0. The van der Waals surface area contributed by atoms with E-state index in [1.165, 1.54) is 4.90 Å². The van der Waals surface area contributed by atoms with Crippen LogP contribution in [0.1, 0.15) is 15.9 Å². The number of benzene rings is 2. The van der Waals surface area contributed by atoms with Crippen molar-refractivity contribution in [3.63, 3.8) is 0 Å². The van der Waals surface area contributed by atoms with Crippen molar-refractivity contribution in [1.29, 1.82) is 0 Å². The van der Waals surface area contributed by atoms with Crippen molar-refractivity contribution in [2.45, 2.75) is 6.54 Å². The number of carbonyl (C=O) groups is 2. The van der Waals surface area contributed by atoms with Crippen LogP contribution in [0.4, 0.5) is 0 Å². The molecule has 0 N–H and O–H groups in total. The number of halogens is 2. The molecule has 2 aromatic rings. The van der Waals surface area contributed by atoms with Gasteiger partial charge < -0.3 is 9.64 Å². The Morgan fingerprint density at radius 1 is 1.13 bits per heavy atom. The molecule has 2 aromatic carbocycles. The van der Waals surface area contributed by atoms with Crippen LogP contribution in [0.5, 0.6) is 0 Å². The molecule has 0 spiro atoms. The van der Waals surface area contributed by atoms with Gasteiger partial charge in [0.2, 0.25) is 0 Å². The Labute approximate surface area is 148 Å². The lowest BCUT2D eigenvalue weighted by Gasteiger charge is -2.18. The molecule has 0 aliphatic carbocycles. The second-order valence-corrected chi connectivity index (χ2v) is 6.16. The summed E-state index contributed by atoms with van der Waals surface area (Å²) in [5, 5.41) is 0.298. The number of carbonyl (C=O) groups excluding carboxylic acids is 2. The van der Waals surface area contributed by atoms with Crippen LogP contribution >= 0.6 is 27.5 Å². The second kappa shape index (κ2) is 8.13. The number of amides is 1. The molecule has 0 fully saturated rings. The molecule has 0 saturated carbocycles. The fourth-order valence-electron chi connectivity index (χ4n) is 1.91. The van der Waals surface area contributed by atoms with Gasteiger partial charge in [0.1, 0.15) is 0 Å². The average molecular weight is 397 g/mol. The molecule has 0 aromatic heterocycles. The van der Waals surface area contributed by atoms with E-state index >= 15 is 0 Å². The monoisotopic (exact) mass is 395 g/mol. The molecule has 4 nitrogen and oxygen atoms in total. The van der Waals surface area contributed by atoms with E-state index in [0.717, 1.165) is 10.0 Å². The van der Waals surface area contributed by atoms with Gasteiger partial charge in [0, 0.05) is 18.1 Å². The number of nitrogens with zero attached hydrogens (tertiary/aromatic N) is 1. The zero-order chi connectivity index (χ0) is 16.8. The average Bonchev–Trinajstić information content (AvgIpc) is 2.54. The zero-order valence-electron chi connectivity index (χ0n) is 12.5. The van der Waals surface area contributed by atoms with Gasteiger partial charge in [-0.25, -0.2) is 4.79 Å². The van der Waals surface area contributed by atoms with E-state index in [4.69, 9.17) is 16.3 Å². The molecule has 0 radical (unpaired) electrons. The van der Waals surface area contributed by atoms with Crippen molar-refractivity contribution in [3.8, 4) is 0 Å². The van der Waals surface area contributed by atoms with Crippen molar-refractivity contribution in [2.75, 3.05) is 13.7 Å². The van der Waals surface area contributed by atoms with E-state index in [-0.39, 0.29) is 18.1 Å². The first-order valence-electron chi connectivity index (χ1n) is 6.88. The van der Waals surface area contributed by atoms with Crippen LogP contribution in [0.25, 0.3) is 0 Å². The fraction of sp³-hybridized carbons (Fsp3) is 0.176. The highest BCUT2D eigenvalue weighted by Gasteiger charge is 2.16. The summed E-state index contributed by atoms with van der Waals surface area (Å²) in [6, 6.07) is 14.2. The predicted octanol–water partition coefficient (Wildman–Crippen LogP) is 3.92. The summed E-state index contributed by atoms with van der Waals surface area (Å²) in [6.45, 7) is 0.0922. The van der Waals surface area contributed by atoms with Crippen molar-refractivity contribution < 1.29 is 14.3 Å². The van der Waals surface area contributed by atoms with E-state index in [1.807, 2.05) is 24.3 Å². The minimum atomic E-state index is -0.613. The Kier molecular flexibility index (Phi) is 6.19. The van der Waals surface area contributed by atoms with Crippen molar-refractivity contribution >= 4 is 39.4 Å². The van der Waals surface area contributed by atoms with Crippen LogP contribution in [-0.2, 0) is 16.1 Å². The minimum Gasteiger partial charge on any atom is -0.452 e. The lowest BCUT2D eigenvalue weighted by Crippen LogP contribution is -2.31. The molecule has 0 atom stereocenters. The molecule has 0 unspecified atom stereocenters. The maximum Gasteiger partial charge on any atom is 0.340 e. The van der Waals surface area contributed by atoms with Gasteiger partial charge in [-0.15, -0.1) is 0 Å². The molecule has 23 heavy (non-hydrogen) atoms. The van der Waals surface area contributed by atoms with Crippen LogP contribution in [-0.4, -0.2) is 30.4 Å². The summed E-state index contributed by atoms with van der Waals surface area (Å²) in [4.78, 5) is 25.5. The number of esters is 1. The zero-order valence-corrected chi connectivity index (χ0v) is 14.8. The van der Waals surface area contributed by atoms with E-state index in [0.29, 0.717) is 11.6 Å². The Balaban J connectivity index is 1.91. The topological polar surface area (TPSA) is 46.6 Å². The number of likely N-dealkylation sites (N-methyl/N-ethyl adjacent to an activating group) is 1. The summed E-state index contributed by atoms with van der Waals surface area (Å²) >= 11 is 9.36. The summed E-state index contributed by atoms with van der Waals surface area (Å²) in [5.41, 5.74) is 1.22. The Bertz CT molecular complexity index is 720. The Morgan fingerprint density at radius 3 is 2.48 bits per heavy atom. The quantitative estimate of drug-likeness (QED) is 0.720. The minimum absolute atomic E-state index is 0.246. The molecule has 6 heteroatoms. The van der Waals surface area contributed by atoms with Gasteiger partial charge in [-0.2, -0.15) is 0 Å². The van der Waals surface area contributed by atoms with Crippen LogP contribution in [0.15, 0.2) is 53.0 Å². The summed E-state index contributed by atoms with van der Waals surface area (Å²) < 4.78 is 5.96. The van der Waals surface area contributed by atoms with Crippen molar-refractivity contribution in [1.82, 2.24) is 4.90 Å². The highest BCUT2D eigenvalue weighted by Crippen LogP contribution is 2.18. The maximum atomic E-state index is 12.1. The molecule has 0 aliphatic heterocycles. The normalized spacial score (nSPS) is 10.2. The third-order valence-corrected chi connectivity index (χ3v) is 4.31. The smallest absolute Gasteiger partial charge is 0.340 e. The first kappa shape index (κ1) is 17.5. The van der Waals surface area contributed by atoms with Crippen LogP contribution in [0.2, 0.25) is 5.02 Å². The molecule has 0 saturated heterocycles. The molecular formula is C17H15BrClNO3. The largest absolute Gasteiger partial charge is 0.452 e. The van der Waals surface area contributed by atoms with Crippen LogP contribution < -0.4 is 0 Å². The third-order valence-electron chi connectivity index (χ3n) is 3.21. The molecule has 0 bridgehead atoms. The number of hydrogen-bond donors (Lipinski definition) is 0. The summed E-state index contributed by atoms with van der Waals surface area (Å²) in [5.74, 6) is -0.903. The Morgan fingerprint density at radius 2 is 1.78 bits per heavy atom. The SMILES string of the molecule is CN(Cc1ccccc1Br)C(=O)COC(=O)c1ccccc1Cl. The van der Waals surface area contributed by atoms with Gasteiger partial charge in [0.15, 0.2) is 6.61 Å². The third kappa shape index (κ3) is 4.81. The number of rotatable bonds is 5. The summed E-state index contributed by atoms with van der Waals surface area (Å²) in [7, 11) is 1.66. The lowest BCUT2D eigenvalue weighted by molar-refractivity contribution is -0.133. The van der Waals surface area contributed by atoms with Crippen molar-refractivity contribution in [3.05, 3.63) is 69.2 Å². The van der Waals surface area contributed by atoms with Gasteiger partial charge in [0.25, 0.3) is 5.91 Å². The number of hydrogen-bond acceptors (Lipinski definition) is 3. The molecule has 0 heterocycles. The molecule has 1 amide bonds. The van der Waals surface area contributed by atoms with Crippen LogP contribution in [0, 0.1) is 0 Å². The molecule has 0 aliphatic rings. The second-order valence-electron chi connectivity index (χ2n) is 4.90. The molecule has 120 valence electrons. The van der Waals surface area contributed by atoms with E-state index in [1.54, 1.807) is 31.3 Å². The standard InChI is InChI=1S/C17H15BrClNO3/c1-20(10-12-6-2-4-8-14(12)18)16(21)11-23-17(22)13-7-3-5-9-15(13)19/h2-9H,10-11H2,1H3. The van der Waals surface area contributed by atoms with Gasteiger partial charge in [-0.05, 0) is 23.8 Å². The van der Waals surface area contributed by atoms with Crippen LogP contribution in [0.3, 0.4) is 0 Å². The van der Waals surface area contributed by atoms with Gasteiger partial charge in [-0.1, -0.05) is 57.9 Å². The maximum absolute atomic E-state index is 12.1. The lowest BCUT2D eigenvalue weighted by atomic mass is 10.2. The van der Waals surface area contributed by atoms with E-state index in [9.17, 15) is 9.59 Å². The highest BCUT2D eigenvalue weighted by molar-refractivity contribution is 9.10. The fourth-order valence-corrected chi connectivity index (χ4v) is 2.54. The van der Waals surface area contributed by atoms with Gasteiger partial charge >= 0.3 is 5.97 Å². The molecular weight excluding hydrogens is 382 g/mol. The number of ether oxygens (including phenoxy) is 1.